The molecule has 0 aromatic heterocycles. The van der Waals surface area contributed by atoms with Gasteiger partial charge in [-0.05, 0) is 46.9 Å². The summed E-state index contributed by atoms with van der Waals surface area (Å²) in [7, 11) is 0. The van der Waals surface area contributed by atoms with E-state index in [-0.39, 0.29) is 0 Å². The lowest BCUT2D eigenvalue weighted by Crippen LogP contribution is -2.12. The number of hydrogen-bond acceptors (Lipinski definition) is 2. The molecule has 4 rings (SSSR count). The Morgan fingerprint density at radius 1 is 0.636 bits per heavy atom. The zero-order chi connectivity index (χ0) is 23.8. The maximum absolute atomic E-state index is 11.3. The average molecular weight is 501 g/mol. The van der Waals surface area contributed by atoms with Gasteiger partial charge in [0.1, 0.15) is 0 Å². The lowest BCUT2D eigenvalue weighted by molar-refractivity contribution is 0.0992. The number of hydrogen-bond donors (Lipinski definition) is 2. The molecule has 4 nitrogen and oxygen atoms in total. The second-order valence-corrected chi connectivity index (χ2v) is 8.08. The molecule has 0 spiro atoms. The van der Waals surface area contributed by atoms with Crippen LogP contribution in [-0.2, 0) is 5.33 Å². The van der Waals surface area contributed by atoms with Crippen molar-refractivity contribution in [2.75, 3.05) is 0 Å². The highest BCUT2D eigenvalue weighted by molar-refractivity contribution is 9.08. The smallest absolute Gasteiger partial charge is 0.249 e. The number of halogens is 1. The fourth-order valence-electron chi connectivity index (χ4n) is 3.41. The van der Waals surface area contributed by atoms with Crippen molar-refractivity contribution in [1.82, 2.24) is 0 Å². The Kier molecular flexibility index (Phi) is 8.17. The molecule has 0 aliphatic heterocycles. The standard InChI is InChI=1S/C14H12BrNO.C14H13NO/c15-9-10-5-7-11(8-6-10)12-3-1-2-4-13(12)14(16)17;1-10-6-8-11(9-7-10)12-4-2-3-5-13(12)14(15)16/h1-8H,9H2,(H2,16,17);2-9H,1H3,(H2,15,16). The van der Waals surface area contributed by atoms with Crippen molar-refractivity contribution in [2.45, 2.75) is 12.3 Å². The van der Waals surface area contributed by atoms with Crippen LogP contribution in [0.25, 0.3) is 22.3 Å². The molecule has 0 saturated carbocycles. The molecule has 0 fully saturated rings. The first-order valence-corrected chi connectivity index (χ1v) is 11.5. The molecule has 2 amide bonds. The molecule has 0 aliphatic carbocycles. The number of rotatable bonds is 5. The van der Waals surface area contributed by atoms with Crippen molar-refractivity contribution in [2.24, 2.45) is 11.5 Å². The molecular weight excluding hydrogens is 476 g/mol. The summed E-state index contributed by atoms with van der Waals surface area (Å²) in [4.78, 5) is 22.6. The largest absolute Gasteiger partial charge is 0.366 e. The van der Waals surface area contributed by atoms with E-state index in [0.717, 1.165) is 27.6 Å². The molecule has 0 aliphatic rings. The highest BCUT2D eigenvalue weighted by atomic mass is 79.9. The van der Waals surface area contributed by atoms with E-state index in [9.17, 15) is 9.59 Å². The van der Waals surface area contributed by atoms with Gasteiger partial charge in [0.05, 0.1) is 0 Å². The number of carbonyl (C=O) groups is 2. The van der Waals surface area contributed by atoms with Crippen molar-refractivity contribution >= 4 is 27.7 Å². The summed E-state index contributed by atoms with van der Waals surface area (Å²) in [6.45, 7) is 2.03. The Hall–Kier alpha value is -3.70. The van der Waals surface area contributed by atoms with Gasteiger partial charge >= 0.3 is 0 Å². The fraction of sp³-hybridized carbons (Fsp3) is 0.0714. The van der Waals surface area contributed by atoms with Gasteiger partial charge in [0.2, 0.25) is 11.8 Å². The van der Waals surface area contributed by atoms with Gasteiger partial charge < -0.3 is 11.5 Å². The average Bonchev–Trinajstić information content (AvgIpc) is 2.85. The third-order valence-corrected chi connectivity index (χ3v) is 5.81. The topological polar surface area (TPSA) is 86.2 Å². The number of carbonyl (C=O) groups excluding carboxylic acids is 2. The molecule has 4 aromatic carbocycles. The summed E-state index contributed by atoms with van der Waals surface area (Å²) < 4.78 is 0. The first-order chi connectivity index (χ1) is 15.9. The van der Waals surface area contributed by atoms with Crippen LogP contribution in [0.2, 0.25) is 0 Å². The predicted octanol–water partition coefficient (Wildman–Crippen LogP) is 6.11. The van der Waals surface area contributed by atoms with Gasteiger partial charge in [-0.15, -0.1) is 0 Å². The predicted molar refractivity (Wildman–Crippen MR) is 138 cm³/mol. The Morgan fingerprint density at radius 2 is 1.03 bits per heavy atom. The molecule has 0 bridgehead atoms. The van der Waals surface area contributed by atoms with E-state index >= 15 is 0 Å². The van der Waals surface area contributed by atoms with Crippen molar-refractivity contribution < 1.29 is 9.59 Å². The molecule has 33 heavy (non-hydrogen) atoms. The highest BCUT2D eigenvalue weighted by Gasteiger charge is 2.09. The van der Waals surface area contributed by atoms with E-state index in [1.807, 2.05) is 91.9 Å². The molecule has 0 unspecified atom stereocenters. The minimum Gasteiger partial charge on any atom is -0.366 e. The van der Waals surface area contributed by atoms with Crippen molar-refractivity contribution in [3.8, 4) is 22.3 Å². The lowest BCUT2D eigenvalue weighted by Gasteiger charge is -2.07. The summed E-state index contributed by atoms with van der Waals surface area (Å²) >= 11 is 3.40. The molecule has 4 aromatic rings. The van der Waals surface area contributed by atoms with Crippen LogP contribution in [0.4, 0.5) is 0 Å². The summed E-state index contributed by atoms with van der Waals surface area (Å²) in [5, 5.41) is 0.824. The van der Waals surface area contributed by atoms with E-state index in [1.54, 1.807) is 12.1 Å². The van der Waals surface area contributed by atoms with Crippen LogP contribution in [0.5, 0.6) is 0 Å². The molecule has 0 atom stereocenters. The van der Waals surface area contributed by atoms with Gasteiger partial charge in [0.15, 0.2) is 0 Å². The van der Waals surface area contributed by atoms with E-state index in [1.165, 1.54) is 11.1 Å². The van der Waals surface area contributed by atoms with Crippen LogP contribution in [-0.4, -0.2) is 11.8 Å². The quantitative estimate of drug-likeness (QED) is 0.324. The first kappa shape index (κ1) is 24.0. The summed E-state index contributed by atoms with van der Waals surface area (Å²) in [6.07, 6.45) is 0. The summed E-state index contributed by atoms with van der Waals surface area (Å²) in [6, 6.07) is 30.8. The van der Waals surface area contributed by atoms with Crippen LogP contribution >= 0.6 is 15.9 Å². The van der Waals surface area contributed by atoms with Gasteiger partial charge in [-0.1, -0.05) is 106 Å². The van der Waals surface area contributed by atoms with Crippen molar-refractivity contribution in [1.29, 1.82) is 0 Å². The number of alkyl halides is 1. The Labute approximate surface area is 202 Å². The molecule has 0 heterocycles. The maximum atomic E-state index is 11.3. The molecule has 0 saturated heterocycles. The molecule has 5 heteroatoms. The second kappa shape index (κ2) is 11.2. The van der Waals surface area contributed by atoms with E-state index < -0.39 is 11.8 Å². The first-order valence-electron chi connectivity index (χ1n) is 10.4. The second-order valence-electron chi connectivity index (χ2n) is 7.52. The zero-order valence-electron chi connectivity index (χ0n) is 18.3. The van der Waals surface area contributed by atoms with Gasteiger partial charge in [0, 0.05) is 16.5 Å². The molecular formula is C28H25BrN2O2. The lowest BCUT2D eigenvalue weighted by atomic mass is 9.98. The van der Waals surface area contributed by atoms with Crippen LogP contribution in [0, 0.1) is 6.92 Å². The third kappa shape index (κ3) is 6.18. The normalized spacial score (nSPS) is 10.1. The number of aryl methyl sites for hydroxylation is 1. The Morgan fingerprint density at radius 3 is 1.42 bits per heavy atom. The number of nitrogens with two attached hydrogens (primary N) is 2. The Bertz CT molecular complexity index is 1250. The van der Waals surface area contributed by atoms with Gasteiger partial charge in [0.25, 0.3) is 0 Å². The monoisotopic (exact) mass is 500 g/mol. The van der Waals surface area contributed by atoms with Crippen LogP contribution < -0.4 is 11.5 Å². The maximum Gasteiger partial charge on any atom is 0.249 e. The SMILES string of the molecule is Cc1ccc(-c2ccccc2C(N)=O)cc1.NC(=O)c1ccccc1-c1ccc(CBr)cc1. The molecule has 166 valence electrons. The number of primary amides is 2. The van der Waals surface area contributed by atoms with Crippen molar-refractivity contribution in [3.05, 3.63) is 119 Å². The Balaban J connectivity index is 0.000000186. The van der Waals surface area contributed by atoms with Gasteiger partial charge in [-0.25, -0.2) is 0 Å². The third-order valence-electron chi connectivity index (χ3n) is 5.17. The van der Waals surface area contributed by atoms with Crippen molar-refractivity contribution in [3.63, 3.8) is 0 Å². The van der Waals surface area contributed by atoms with Crippen LogP contribution in [0.3, 0.4) is 0 Å². The fourth-order valence-corrected chi connectivity index (χ4v) is 3.78. The summed E-state index contributed by atoms with van der Waals surface area (Å²) in [5.74, 6) is -0.790. The van der Waals surface area contributed by atoms with Gasteiger partial charge in [-0.2, -0.15) is 0 Å². The van der Waals surface area contributed by atoms with E-state index in [4.69, 9.17) is 11.5 Å². The highest BCUT2D eigenvalue weighted by Crippen LogP contribution is 2.25. The minimum absolute atomic E-state index is 0.392. The number of amides is 2. The number of benzene rings is 4. The minimum atomic E-state index is -0.398. The van der Waals surface area contributed by atoms with E-state index in [0.29, 0.717) is 11.1 Å². The zero-order valence-corrected chi connectivity index (χ0v) is 19.9. The van der Waals surface area contributed by atoms with Gasteiger partial charge in [-0.3, -0.25) is 9.59 Å². The molecule has 4 N–H and O–H groups in total. The van der Waals surface area contributed by atoms with Crippen LogP contribution in [0.1, 0.15) is 31.8 Å². The summed E-state index contributed by atoms with van der Waals surface area (Å²) in [5.41, 5.74) is 18.0. The van der Waals surface area contributed by atoms with E-state index in [2.05, 4.69) is 15.9 Å². The van der Waals surface area contributed by atoms with Crippen LogP contribution in [0.15, 0.2) is 97.1 Å². The molecule has 0 radical (unpaired) electrons.